The first-order valence-corrected chi connectivity index (χ1v) is 5.40. The molecule has 0 heterocycles. The molecule has 0 aliphatic heterocycles. The number of ether oxygens (including phenoxy) is 1. The van der Waals surface area contributed by atoms with Crippen molar-refractivity contribution in [1.82, 2.24) is 4.90 Å². The van der Waals surface area contributed by atoms with Gasteiger partial charge in [-0.05, 0) is 19.8 Å². The van der Waals surface area contributed by atoms with Crippen molar-refractivity contribution in [2.24, 2.45) is 5.92 Å². The van der Waals surface area contributed by atoms with Crippen molar-refractivity contribution in [2.45, 2.75) is 39.8 Å². The molecule has 0 aromatic heterocycles. The Bertz CT molecular complexity index is 137. The van der Waals surface area contributed by atoms with Gasteiger partial charge in [-0.3, -0.25) is 4.90 Å². The third kappa shape index (κ3) is 5.58. The van der Waals surface area contributed by atoms with E-state index in [2.05, 4.69) is 25.7 Å². The normalized spacial score (nSPS) is 16.3. The predicted molar refractivity (Wildman–Crippen MR) is 59.4 cm³/mol. The average molecular weight is 203 g/mol. The molecule has 0 fully saturated rings. The van der Waals surface area contributed by atoms with E-state index in [1.807, 2.05) is 6.92 Å². The van der Waals surface area contributed by atoms with Gasteiger partial charge in [-0.15, -0.1) is 0 Å². The van der Waals surface area contributed by atoms with E-state index in [0.29, 0.717) is 5.92 Å². The lowest BCUT2D eigenvalue weighted by molar-refractivity contribution is 0.0454. The van der Waals surface area contributed by atoms with E-state index < -0.39 is 0 Å². The number of rotatable bonds is 7. The molecular weight excluding hydrogens is 178 g/mol. The Morgan fingerprint density at radius 2 is 1.79 bits per heavy atom. The van der Waals surface area contributed by atoms with Gasteiger partial charge < -0.3 is 9.84 Å². The summed E-state index contributed by atoms with van der Waals surface area (Å²) in [6.07, 6.45) is -0.286. The molecule has 3 nitrogen and oxygen atoms in total. The van der Waals surface area contributed by atoms with Crippen LogP contribution in [0.5, 0.6) is 0 Å². The Balaban J connectivity index is 4.08. The number of aliphatic hydroxyl groups is 1. The Morgan fingerprint density at radius 1 is 1.21 bits per heavy atom. The summed E-state index contributed by atoms with van der Waals surface area (Å²) in [4.78, 5) is 2.28. The molecule has 0 saturated heterocycles. The van der Waals surface area contributed by atoms with Gasteiger partial charge in [0.15, 0.2) is 0 Å². The lowest BCUT2D eigenvalue weighted by Gasteiger charge is -2.32. The molecule has 0 aliphatic rings. The van der Waals surface area contributed by atoms with Crippen LogP contribution in [-0.4, -0.2) is 49.0 Å². The maximum atomic E-state index is 9.52. The highest BCUT2D eigenvalue weighted by atomic mass is 16.5. The summed E-state index contributed by atoms with van der Waals surface area (Å²) in [6, 6.07) is 0.201. The fraction of sp³-hybridized carbons (Fsp3) is 1.00. The molecule has 2 atom stereocenters. The van der Waals surface area contributed by atoms with Crippen molar-refractivity contribution in [3.8, 4) is 0 Å². The Hall–Kier alpha value is -0.120. The first kappa shape index (κ1) is 13.9. The minimum absolute atomic E-state index is 0.201. The van der Waals surface area contributed by atoms with Crippen LogP contribution in [0.25, 0.3) is 0 Å². The summed E-state index contributed by atoms with van der Waals surface area (Å²) in [5, 5.41) is 9.52. The quantitative estimate of drug-likeness (QED) is 0.678. The van der Waals surface area contributed by atoms with Crippen molar-refractivity contribution in [3.63, 3.8) is 0 Å². The van der Waals surface area contributed by atoms with Crippen molar-refractivity contribution >= 4 is 0 Å². The van der Waals surface area contributed by atoms with E-state index in [-0.39, 0.29) is 12.1 Å². The van der Waals surface area contributed by atoms with Crippen LogP contribution in [0.15, 0.2) is 0 Å². The zero-order chi connectivity index (χ0) is 11.1. The van der Waals surface area contributed by atoms with E-state index in [1.165, 1.54) is 0 Å². The number of hydrogen-bond donors (Lipinski definition) is 1. The minimum Gasteiger partial charge on any atom is -0.392 e. The zero-order valence-electron chi connectivity index (χ0n) is 10.2. The van der Waals surface area contributed by atoms with Gasteiger partial charge in [-0.2, -0.15) is 0 Å². The molecular formula is C11H25NO2. The third-order valence-electron chi connectivity index (χ3n) is 2.46. The standard InChI is InChI=1S/C11H25NO2/c1-9(2)8-12(6-7-14-5)10(3)11(4)13/h9-11,13H,6-8H2,1-5H3. The molecule has 1 N–H and O–H groups in total. The lowest BCUT2D eigenvalue weighted by atomic mass is 10.1. The summed E-state index contributed by atoms with van der Waals surface area (Å²) in [5.74, 6) is 0.619. The minimum atomic E-state index is -0.286. The molecule has 0 spiro atoms. The van der Waals surface area contributed by atoms with Gasteiger partial charge in [-0.25, -0.2) is 0 Å². The molecule has 0 aromatic rings. The second-order valence-corrected chi connectivity index (χ2v) is 4.36. The SMILES string of the molecule is COCCN(CC(C)C)C(C)C(C)O. The lowest BCUT2D eigenvalue weighted by Crippen LogP contribution is -2.43. The van der Waals surface area contributed by atoms with Crippen LogP contribution in [-0.2, 0) is 4.74 Å². The second-order valence-electron chi connectivity index (χ2n) is 4.36. The highest BCUT2D eigenvalue weighted by Crippen LogP contribution is 2.07. The number of methoxy groups -OCH3 is 1. The van der Waals surface area contributed by atoms with Crippen molar-refractivity contribution in [2.75, 3.05) is 26.8 Å². The Morgan fingerprint density at radius 3 is 2.14 bits per heavy atom. The summed E-state index contributed by atoms with van der Waals surface area (Å²) in [5.41, 5.74) is 0. The van der Waals surface area contributed by atoms with Crippen LogP contribution in [0.1, 0.15) is 27.7 Å². The van der Waals surface area contributed by atoms with E-state index in [1.54, 1.807) is 7.11 Å². The summed E-state index contributed by atoms with van der Waals surface area (Å²) >= 11 is 0. The maximum absolute atomic E-state index is 9.52. The highest BCUT2D eigenvalue weighted by Gasteiger charge is 2.18. The van der Waals surface area contributed by atoms with Crippen molar-refractivity contribution in [1.29, 1.82) is 0 Å². The maximum Gasteiger partial charge on any atom is 0.0664 e. The fourth-order valence-electron chi connectivity index (χ4n) is 1.44. The van der Waals surface area contributed by atoms with Crippen LogP contribution in [0.4, 0.5) is 0 Å². The van der Waals surface area contributed by atoms with Crippen LogP contribution < -0.4 is 0 Å². The topological polar surface area (TPSA) is 32.7 Å². The van der Waals surface area contributed by atoms with Gasteiger partial charge in [0.2, 0.25) is 0 Å². The second kappa shape index (κ2) is 7.21. The molecule has 0 radical (unpaired) electrons. The highest BCUT2D eigenvalue weighted by molar-refractivity contribution is 4.72. The molecule has 3 heteroatoms. The molecule has 14 heavy (non-hydrogen) atoms. The molecule has 0 aromatic carbocycles. The van der Waals surface area contributed by atoms with Gasteiger partial charge in [0.1, 0.15) is 0 Å². The van der Waals surface area contributed by atoms with Crippen LogP contribution in [0.2, 0.25) is 0 Å². The Kier molecular flexibility index (Phi) is 7.15. The van der Waals surface area contributed by atoms with E-state index in [0.717, 1.165) is 19.7 Å². The summed E-state index contributed by atoms with van der Waals surface area (Å²) in [6.45, 7) is 10.9. The van der Waals surface area contributed by atoms with Crippen LogP contribution in [0, 0.1) is 5.92 Å². The van der Waals surface area contributed by atoms with Crippen LogP contribution in [0.3, 0.4) is 0 Å². The fourth-order valence-corrected chi connectivity index (χ4v) is 1.44. The molecule has 0 aliphatic carbocycles. The first-order valence-electron chi connectivity index (χ1n) is 5.40. The largest absolute Gasteiger partial charge is 0.392 e. The molecule has 0 bridgehead atoms. The number of aliphatic hydroxyl groups excluding tert-OH is 1. The Labute approximate surface area is 88.1 Å². The first-order chi connectivity index (χ1) is 6.49. The summed E-state index contributed by atoms with van der Waals surface area (Å²) in [7, 11) is 1.71. The van der Waals surface area contributed by atoms with Gasteiger partial charge in [-0.1, -0.05) is 13.8 Å². The molecule has 86 valence electrons. The van der Waals surface area contributed by atoms with Gasteiger partial charge in [0.25, 0.3) is 0 Å². The van der Waals surface area contributed by atoms with E-state index in [9.17, 15) is 5.11 Å². The van der Waals surface area contributed by atoms with E-state index in [4.69, 9.17) is 4.74 Å². The van der Waals surface area contributed by atoms with E-state index >= 15 is 0 Å². The third-order valence-corrected chi connectivity index (χ3v) is 2.46. The molecule has 0 amide bonds. The molecule has 0 rings (SSSR count). The average Bonchev–Trinajstić information content (AvgIpc) is 2.10. The zero-order valence-corrected chi connectivity index (χ0v) is 10.2. The smallest absolute Gasteiger partial charge is 0.0664 e. The number of nitrogens with zero attached hydrogens (tertiary/aromatic N) is 1. The summed E-state index contributed by atoms with van der Waals surface area (Å²) < 4.78 is 5.06. The van der Waals surface area contributed by atoms with Crippen molar-refractivity contribution < 1.29 is 9.84 Å². The predicted octanol–water partition coefficient (Wildman–Crippen LogP) is 1.36. The van der Waals surface area contributed by atoms with Gasteiger partial charge in [0.05, 0.1) is 12.7 Å². The monoisotopic (exact) mass is 203 g/mol. The van der Waals surface area contributed by atoms with Crippen LogP contribution >= 0.6 is 0 Å². The number of hydrogen-bond acceptors (Lipinski definition) is 3. The molecule has 0 saturated carbocycles. The molecule has 2 unspecified atom stereocenters. The van der Waals surface area contributed by atoms with Gasteiger partial charge in [0, 0.05) is 26.2 Å². The van der Waals surface area contributed by atoms with Crippen molar-refractivity contribution in [3.05, 3.63) is 0 Å². The van der Waals surface area contributed by atoms with Gasteiger partial charge >= 0.3 is 0 Å².